The first-order valence-corrected chi connectivity index (χ1v) is 8.72. The highest BCUT2D eigenvalue weighted by molar-refractivity contribution is 8.00. The van der Waals surface area contributed by atoms with Crippen LogP contribution < -0.4 is 0 Å². The molecule has 4 nitrogen and oxygen atoms in total. The van der Waals surface area contributed by atoms with E-state index in [0.717, 1.165) is 18.4 Å². The number of carboxylic acids is 1. The van der Waals surface area contributed by atoms with Crippen molar-refractivity contribution >= 4 is 46.6 Å². The summed E-state index contributed by atoms with van der Waals surface area (Å²) in [5, 5.41) is 11.6. The molecule has 1 amide bonds. The molecule has 1 saturated carbocycles. The molecule has 1 aromatic heterocycles. The number of amides is 1. The summed E-state index contributed by atoms with van der Waals surface area (Å²) in [6.45, 7) is 1.85. The lowest BCUT2D eigenvalue weighted by Crippen LogP contribution is -2.46. The zero-order valence-electron chi connectivity index (χ0n) is 10.8. The van der Waals surface area contributed by atoms with Crippen molar-refractivity contribution in [2.24, 2.45) is 5.92 Å². The van der Waals surface area contributed by atoms with E-state index >= 15 is 0 Å². The fourth-order valence-electron chi connectivity index (χ4n) is 2.41. The second-order valence-electron chi connectivity index (χ2n) is 5.19. The van der Waals surface area contributed by atoms with E-state index in [9.17, 15) is 14.7 Å². The molecule has 0 bridgehead atoms. The van der Waals surface area contributed by atoms with Gasteiger partial charge in [-0.25, -0.2) is 4.79 Å². The minimum absolute atomic E-state index is 0.0120. The van der Waals surface area contributed by atoms with E-state index in [1.165, 1.54) is 11.3 Å². The quantitative estimate of drug-likeness (QED) is 0.924. The summed E-state index contributed by atoms with van der Waals surface area (Å²) in [5.74, 6) is -0.265. The van der Waals surface area contributed by atoms with E-state index in [2.05, 4.69) is 0 Å². The summed E-state index contributed by atoms with van der Waals surface area (Å²) in [6, 6.07) is -0.739. The number of carboxylic acid groups (broad SMARTS) is 1. The van der Waals surface area contributed by atoms with Crippen LogP contribution in [0.25, 0.3) is 0 Å². The number of nitrogens with zero attached hydrogens (tertiary/aromatic N) is 1. The van der Waals surface area contributed by atoms with Crippen LogP contribution in [0.5, 0.6) is 0 Å². The third-order valence-electron chi connectivity index (χ3n) is 3.67. The van der Waals surface area contributed by atoms with Crippen LogP contribution in [0.3, 0.4) is 0 Å². The molecule has 1 aliphatic carbocycles. The Hall–Kier alpha value is -0.720. The number of thioether (sulfide) groups is 1. The number of aryl methyl sites for hydroxylation is 1. The predicted octanol–water partition coefficient (Wildman–Crippen LogP) is 3.09. The number of halogens is 1. The molecule has 1 aliphatic heterocycles. The maximum absolute atomic E-state index is 12.7. The molecular formula is C13H14ClNO3S2. The third kappa shape index (κ3) is 2.34. The SMILES string of the molecule is Cc1csc(C(=O)N2C(C(=O)O)CSC2C2CC2)c1Cl. The Bertz CT molecular complexity index is 570. The molecule has 0 spiro atoms. The zero-order valence-corrected chi connectivity index (χ0v) is 13.2. The van der Waals surface area contributed by atoms with Gasteiger partial charge in [0.05, 0.1) is 10.4 Å². The summed E-state index contributed by atoms with van der Waals surface area (Å²) in [4.78, 5) is 26.1. The summed E-state index contributed by atoms with van der Waals surface area (Å²) in [6.07, 6.45) is 2.15. The molecule has 20 heavy (non-hydrogen) atoms. The summed E-state index contributed by atoms with van der Waals surface area (Å²) in [5.41, 5.74) is 0.863. The van der Waals surface area contributed by atoms with Crippen LogP contribution in [-0.4, -0.2) is 39.1 Å². The van der Waals surface area contributed by atoms with Gasteiger partial charge in [0.1, 0.15) is 10.9 Å². The third-order valence-corrected chi connectivity index (χ3v) is 6.82. The molecule has 2 heterocycles. The van der Waals surface area contributed by atoms with Gasteiger partial charge in [-0.3, -0.25) is 4.79 Å². The highest BCUT2D eigenvalue weighted by atomic mass is 35.5. The van der Waals surface area contributed by atoms with Gasteiger partial charge < -0.3 is 10.0 Å². The number of hydrogen-bond donors (Lipinski definition) is 1. The molecule has 2 fully saturated rings. The minimum Gasteiger partial charge on any atom is -0.480 e. The van der Waals surface area contributed by atoms with Crippen LogP contribution in [0.15, 0.2) is 5.38 Å². The van der Waals surface area contributed by atoms with Crippen molar-refractivity contribution in [1.82, 2.24) is 4.90 Å². The van der Waals surface area contributed by atoms with Crippen molar-refractivity contribution in [2.45, 2.75) is 31.2 Å². The van der Waals surface area contributed by atoms with Gasteiger partial charge in [-0.1, -0.05) is 11.6 Å². The van der Waals surface area contributed by atoms with Crippen molar-refractivity contribution in [3.05, 3.63) is 20.8 Å². The lowest BCUT2D eigenvalue weighted by molar-refractivity contribution is -0.141. The number of aliphatic carboxylic acids is 1. The topological polar surface area (TPSA) is 57.6 Å². The average Bonchev–Trinajstić information content (AvgIpc) is 3.07. The Kier molecular flexibility index (Phi) is 3.73. The van der Waals surface area contributed by atoms with Crippen molar-refractivity contribution in [1.29, 1.82) is 0 Å². The Morgan fingerprint density at radius 1 is 1.45 bits per heavy atom. The Balaban J connectivity index is 1.93. The molecule has 108 valence electrons. The molecule has 0 radical (unpaired) electrons. The Morgan fingerprint density at radius 3 is 2.65 bits per heavy atom. The van der Waals surface area contributed by atoms with E-state index < -0.39 is 12.0 Å². The van der Waals surface area contributed by atoms with Gasteiger partial charge in [0.15, 0.2) is 0 Å². The van der Waals surface area contributed by atoms with Gasteiger partial charge >= 0.3 is 5.97 Å². The first-order valence-electron chi connectivity index (χ1n) is 6.41. The standard InChI is InChI=1S/C13H14ClNO3S2/c1-6-4-19-10(9(6)14)11(16)15-8(13(17)18)5-20-12(15)7-2-3-7/h4,7-8,12H,2-3,5H2,1H3,(H,17,18). The summed E-state index contributed by atoms with van der Waals surface area (Å²) >= 11 is 9.03. The van der Waals surface area contributed by atoms with Gasteiger partial charge in [0.25, 0.3) is 5.91 Å². The first kappa shape index (κ1) is 14.2. The smallest absolute Gasteiger partial charge is 0.327 e. The Morgan fingerprint density at radius 2 is 2.15 bits per heavy atom. The van der Waals surface area contributed by atoms with Gasteiger partial charge in [0, 0.05) is 5.75 Å². The van der Waals surface area contributed by atoms with Gasteiger partial charge in [-0.05, 0) is 36.6 Å². The lowest BCUT2D eigenvalue weighted by atomic mass is 10.2. The Labute approximate surface area is 130 Å². The number of carbonyl (C=O) groups excluding carboxylic acids is 1. The van der Waals surface area contributed by atoms with E-state index in [1.54, 1.807) is 16.7 Å². The van der Waals surface area contributed by atoms with E-state index in [4.69, 9.17) is 11.6 Å². The molecule has 2 aliphatic rings. The average molecular weight is 332 g/mol. The molecule has 1 aromatic rings. The number of hydrogen-bond acceptors (Lipinski definition) is 4. The van der Waals surface area contributed by atoms with Gasteiger partial charge in [-0.15, -0.1) is 23.1 Å². The molecule has 2 atom stereocenters. The van der Waals surface area contributed by atoms with E-state index in [-0.39, 0.29) is 11.3 Å². The first-order chi connectivity index (χ1) is 9.50. The second kappa shape index (κ2) is 5.24. The van der Waals surface area contributed by atoms with E-state index in [0.29, 0.717) is 21.6 Å². The van der Waals surface area contributed by atoms with Crippen LogP contribution in [-0.2, 0) is 4.79 Å². The summed E-state index contributed by atoms with van der Waals surface area (Å²) < 4.78 is 0. The highest BCUT2D eigenvalue weighted by Crippen LogP contribution is 2.46. The number of rotatable bonds is 3. The summed E-state index contributed by atoms with van der Waals surface area (Å²) in [7, 11) is 0. The van der Waals surface area contributed by atoms with Crippen LogP contribution in [0.4, 0.5) is 0 Å². The van der Waals surface area contributed by atoms with Crippen molar-refractivity contribution < 1.29 is 14.7 Å². The molecule has 1 N–H and O–H groups in total. The largest absolute Gasteiger partial charge is 0.480 e. The van der Waals surface area contributed by atoms with Gasteiger partial charge in [-0.2, -0.15) is 0 Å². The predicted molar refractivity (Wildman–Crippen MR) is 80.6 cm³/mol. The van der Waals surface area contributed by atoms with Crippen LogP contribution >= 0.6 is 34.7 Å². The maximum Gasteiger partial charge on any atom is 0.327 e. The molecule has 7 heteroatoms. The fraction of sp³-hybridized carbons (Fsp3) is 0.538. The normalized spacial score (nSPS) is 26.0. The minimum atomic E-state index is -0.932. The van der Waals surface area contributed by atoms with Crippen LogP contribution in [0, 0.1) is 12.8 Å². The molecular weight excluding hydrogens is 318 g/mol. The zero-order chi connectivity index (χ0) is 14.4. The van der Waals surface area contributed by atoms with Crippen LogP contribution in [0.2, 0.25) is 5.02 Å². The number of thiophene rings is 1. The van der Waals surface area contributed by atoms with Crippen molar-refractivity contribution in [3.63, 3.8) is 0 Å². The van der Waals surface area contributed by atoms with Gasteiger partial charge in [0.2, 0.25) is 0 Å². The molecule has 3 rings (SSSR count). The second-order valence-corrected chi connectivity index (χ2v) is 7.60. The molecule has 0 aromatic carbocycles. The highest BCUT2D eigenvalue weighted by Gasteiger charge is 2.48. The number of carbonyl (C=O) groups is 2. The van der Waals surface area contributed by atoms with Crippen molar-refractivity contribution in [3.8, 4) is 0 Å². The van der Waals surface area contributed by atoms with E-state index in [1.807, 2.05) is 12.3 Å². The van der Waals surface area contributed by atoms with Crippen LogP contribution in [0.1, 0.15) is 28.1 Å². The maximum atomic E-state index is 12.7. The monoisotopic (exact) mass is 331 g/mol. The lowest BCUT2D eigenvalue weighted by Gasteiger charge is -2.27. The molecule has 2 unspecified atom stereocenters. The molecule has 1 saturated heterocycles. The van der Waals surface area contributed by atoms with Crippen molar-refractivity contribution in [2.75, 3.05) is 5.75 Å². The fourth-order valence-corrected chi connectivity index (χ4v) is 5.26.